The van der Waals surface area contributed by atoms with Crippen molar-refractivity contribution in [3.8, 4) is 34.3 Å². The molecule has 5 N–H and O–H groups in total. The number of rotatable bonds is 8. The first kappa shape index (κ1) is 27.2. The molecule has 38 heavy (non-hydrogen) atoms. The van der Waals surface area contributed by atoms with E-state index in [1.807, 2.05) is 6.92 Å². The summed E-state index contributed by atoms with van der Waals surface area (Å²) >= 11 is 0. The Morgan fingerprint density at radius 1 is 1.00 bits per heavy atom. The Hall–Kier alpha value is -3.84. The van der Waals surface area contributed by atoms with Crippen LogP contribution in [0.5, 0.6) is 23.0 Å². The maximum atomic E-state index is 12.9. The van der Waals surface area contributed by atoms with Gasteiger partial charge in [-0.05, 0) is 30.7 Å². The van der Waals surface area contributed by atoms with Crippen molar-refractivity contribution in [2.45, 2.75) is 50.5 Å². The van der Waals surface area contributed by atoms with Crippen LogP contribution >= 0.6 is 0 Å². The first-order valence-electron chi connectivity index (χ1n) is 11.9. The van der Waals surface area contributed by atoms with Gasteiger partial charge in [0.05, 0.1) is 13.7 Å². The maximum Gasteiger partial charge on any atom is 0.338 e. The Labute approximate surface area is 216 Å². The minimum absolute atomic E-state index is 0.0504. The molecule has 0 aliphatic carbocycles. The second-order valence-electron chi connectivity index (χ2n) is 8.69. The summed E-state index contributed by atoms with van der Waals surface area (Å²) in [7, 11) is 1.49. The molecular formula is C26H28O12. The van der Waals surface area contributed by atoms with Crippen LogP contribution in [0.2, 0.25) is 0 Å². The van der Waals surface area contributed by atoms with E-state index < -0.39 is 59.4 Å². The number of ether oxygens (including phenoxy) is 4. The molecular weight excluding hydrogens is 504 g/mol. The van der Waals surface area contributed by atoms with Gasteiger partial charge in [-0.1, -0.05) is 13.3 Å². The van der Waals surface area contributed by atoms with E-state index in [0.29, 0.717) is 17.7 Å². The molecule has 0 radical (unpaired) electrons. The van der Waals surface area contributed by atoms with E-state index in [1.54, 1.807) is 24.3 Å². The van der Waals surface area contributed by atoms with Crippen LogP contribution < -0.4 is 14.9 Å². The molecule has 5 atom stereocenters. The second kappa shape index (κ2) is 11.3. The first-order valence-corrected chi connectivity index (χ1v) is 11.9. The van der Waals surface area contributed by atoms with Crippen LogP contribution in [0.4, 0.5) is 0 Å². The number of methoxy groups -OCH3 is 1. The fourth-order valence-corrected chi connectivity index (χ4v) is 3.95. The summed E-state index contributed by atoms with van der Waals surface area (Å²) in [6, 6.07) is 8.47. The molecule has 204 valence electrons. The van der Waals surface area contributed by atoms with E-state index in [9.17, 15) is 35.1 Å². The standard InChI is InChI=1S/C26H28O12/c1-3-4-9-35-25(33)24-20(31)19(30)21(32)26(38-24)37-22-16(29)10-14(27)18-15(28)11-17(36-23(18)22)12-5-7-13(34-2)8-6-12/h5-8,10-11,19-21,24,26-27,29-32H,3-4,9H2,1-2H3/t19-,20-,21-,24+,26-/m1/s1. The van der Waals surface area contributed by atoms with Crippen molar-refractivity contribution >= 4 is 16.9 Å². The predicted octanol–water partition coefficient (Wildman–Crippen LogP) is 1.41. The summed E-state index contributed by atoms with van der Waals surface area (Å²) in [6.07, 6.45) is -7.83. The molecule has 0 spiro atoms. The van der Waals surface area contributed by atoms with Crippen molar-refractivity contribution in [2.75, 3.05) is 13.7 Å². The monoisotopic (exact) mass is 532 g/mol. The van der Waals surface area contributed by atoms with Gasteiger partial charge in [0, 0.05) is 17.7 Å². The Bertz CT molecular complexity index is 1350. The first-order chi connectivity index (χ1) is 18.2. The number of esters is 1. The number of carbonyl (C=O) groups is 1. The van der Waals surface area contributed by atoms with E-state index in [4.69, 9.17) is 23.4 Å². The van der Waals surface area contributed by atoms with Crippen LogP contribution in [0, 0.1) is 0 Å². The molecule has 0 unspecified atom stereocenters. The minimum atomic E-state index is -1.88. The van der Waals surface area contributed by atoms with Gasteiger partial charge in [0.25, 0.3) is 0 Å². The SMILES string of the molecule is CCCCOC(=O)[C@H]1O[C@@H](Oc2c(O)cc(O)c3c(=O)cc(-c4ccc(OC)cc4)oc23)[C@H](O)[C@H](O)[C@H]1O. The van der Waals surface area contributed by atoms with E-state index in [1.165, 1.54) is 7.11 Å². The quantitative estimate of drug-likeness (QED) is 0.208. The fourth-order valence-electron chi connectivity index (χ4n) is 3.95. The number of hydrogen-bond acceptors (Lipinski definition) is 12. The number of carbonyl (C=O) groups excluding carboxylic acids is 1. The van der Waals surface area contributed by atoms with Gasteiger partial charge in [-0.15, -0.1) is 0 Å². The molecule has 2 aromatic carbocycles. The summed E-state index contributed by atoms with van der Waals surface area (Å²) < 4.78 is 27.0. The third kappa shape index (κ3) is 5.24. The number of aliphatic hydroxyl groups excluding tert-OH is 3. The zero-order chi connectivity index (χ0) is 27.6. The molecule has 1 fully saturated rings. The molecule has 12 nitrogen and oxygen atoms in total. The lowest BCUT2D eigenvalue weighted by Gasteiger charge is -2.39. The van der Waals surface area contributed by atoms with Gasteiger partial charge in [0.15, 0.2) is 22.9 Å². The highest BCUT2D eigenvalue weighted by molar-refractivity contribution is 5.91. The third-order valence-electron chi connectivity index (χ3n) is 6.07. The van der Waals surface area contributed by atoms with E-state index in [-0.39, 0.29) is 23.3 Å². The van der Waals surface area contributed by atoms with Gasteiger partial charge in [-0.2, -0.15) is 0 Å². The van der Waals surface area contributed by atoms with E-state index >= 15 is 0 Å². The summed E-state index contributed by atoms with van der Waals surface area (Å²) in [5.74, 6) is -2.18. The number of hydrogen-bond donors (Lipinski definition) is 5. The normalized spacial score (nSPS) is 23.2. The van der Waals surface area contributed by atoms with Gasteiger partial charge in [-0.25, -0.2) is 4.79 Å². The van der Waals surface area contributed by atoms with Crippen molar-refractivity contribution in [2.24, 2.45) is 0 Å². The number of aromatic hydroxyl groups is 2. The van der Waals surface area contributed by atoms with E-state index in [0.717, 1.165) is 18.6 Å². The molecule has 4 rings (SSSR count). The van der Waals surface area contributed by atoms with Crippen LogP contribution in [0.1, 0.15) is 19.8 Å². The minimum Gasteiger partial charge on any atom is -0.507 e. The molecule has 12 heteroatoms. The Balaban J connectivity index is 1.73. The molecule has 0 saturated carbocycles. The lowest BCUT2D eigenvalue weighted by Crippen LogP contribution is -2.61. The highest BCUT2D eigenvalue weighted by atomic mass is 16.7. The van der Waals surface area contributed by atoms with Crippen molar-refractivity contribution in [1.29, 1.82) is 0 Å². The third-order valence-corrected chi connectivity index (χ3v) is 6.07. The summed E-state index contributed by atoms with van der Waals surface area (Å²) in [4.78, 5) is 25.3. The average molecular weight is 532 g/mol. The van der Waals surface area contributed by atoms with Crippen LogP contribution in [0.3, 0.4) is 0 Å². The number of benzene rings is 2. The van der Waals surface area contributed by atoms with Gasteiger partial charge >= 0.3 is 5.97 Å². The number of fused-ring (bicyclic) bond motifs is 1. The van der Waals surface area contributed by atoms with Crippen LogP contribution in [0.25, 0.3) is 22.3 Å². The molecule has 2 heterocycles. The van der Waals surface area contributed by atoms with Crippen molar-refractivity contribution < 1.29 is 53.7 Å². The number of phenols is 2. The molecule has 0 bridgehead atoms. The van der Waals surface area contributed by atoms with Gasteiger partial charge in [0.2, 0.25) is 12.0 Å². The maximum absolute atomic E-state index is 12.9. The smallest absolute Gasteiger partial charge is 0.338 e. The van der Waals surface area contributed by atoms with Crippen molar-refractivity contribution in [1.82, 2.24) is 0 Å². The second-order valence-corrected chi connectivity index (χ2v) is 8.69. The topological polar surface area (TPSA) is 185 Å². The number of phenolic OH excluding ortho intramolecular Hbond substituents is 2. The molecule has 0 amide bonds. The van der Waals surface area contributed by atoms with Crippen LogP contribution in [0.15, 0.2) is 45.6 Å². The van der Waals surface area contributed by atoms with Gasteiger partial charge in [-0.3, -0.25) is 4.79 Å². The van der Waals surface area contributed by atoms with E-state index in [2.05, 4.69) is 0 Å². The highest BCUT2D eigenvalue weighted by Crippen LogP contribution is 2.42. The number of aliphatic hydroxyl groups is 3. The summed E-state index contributed by atoms with van der Waals surface area (Å²) in [5.41, 5.74) is -0.599. The van der Waals surface area contributed by atoms with Crippen molar-refractivity contribution in [3.05, 3.63) is 46.6 Å². The zero-order valence-corrected chi connectivity index (χ0v) is 20.6. The Kier molecular flexibility index (Phi) is 8.07. The molecule has 1 aliphatic heterocycles. The number of unbranched alkanes of at least 4 members (excludes halogenated alkanes) is 1. The predicted molar refractivity (Wildman–Crippen MR) is 131 cm³/mol. The van der Waals surface area contributed by atoms with Crippen LogP contribution in [-0.4, -0.2) is 75.9 Å². The largest absolute Gasteiger partial charge is 0.507 e. The summed E-state index contributed by atoms with van der Waals surface area (Å²) in [6.45, 7) is 1.94. The van der Waals surface area contributed by atoms with Crippen LogP contribution in [-0.2, 0) is 14.3 Å². The highest BCUT2D eigenvalue weighted by Gasteiger charge is 2.49. The zero-order valence-electron chi connectivity index (χ0n) is 20.6. The lowest BCUT2D eigenvalue weighted by molar-refractivity contribution is -0.272. The molecule has 3 aromatic rings. The average Bonchev–Trinajstić information content (AvgIpc) is 2.90. The molecule has 1 aromatic heterocycles. The van der Waals surface area contributed by atoms with Gasteiger partial charge in [0.1, 0.15) is 41.0 Å². The Morgan fingerprint density at radius 2 is 1.71 bits per heavy atom. The fraction of sp³-hybridized carbons (Fsp3) is 0.385. The van der Waals surface area contributed by atoms with Crippen molar-refractivity contribution in [3.63, 3.8) is 0 Å². The van der Waals surface area contributed by atoms with Gasteiger partial charge < -0.3 is 48.9 Å². The molecule has 1 aliphatic rings. The summed E-state index contributed by atoms with van der Waals surface area (Å²) in [5, 5.41) is 51.7. The lowest BCUT2D eigenvalue weighted by atomic mass is 9.99. The molecule has 1 saturated heterocycles. The Morgan fingerprint density at radius 3 is 2.37 bits per heavy atom.